The summed E-state index contributed by atoms with van der Waals surface area (Å²) in [6, 6.07) is 17.2. The third kappa shape index (κ3) is 4.34. The molecule has 0 aliphatic carbocycles. The molecule has 1 atom stereocenters. The molecule has 1 fully saturated rings. The highest BCUT2D eigenvalue weighted by atomic mass is 32.2. The van der Waals surface area contributed by atoms with E-state index in [1.807, 2.05) is 54.6 Å². The zero-order chi connectivity index (χ0) is 18.5. The van der Waals surface area contributed by atoms with E-state index in [-0.39, 0.29) is 11.7 Å². The molecule has 2 heterocycles. The van der Waals surface area contributed by atoms with Gasteiger partial charge in [-0.05, 0) is 37.1 Å². The summed E-state index contributed by atoms with van der Waals surface area (Å²) in [5.74, 6) is 1.56. The van der Waals surface area contributed by atoms with Crippen LogP contribution in [0.5, 0.6) is 5.75 Å². The van der Waals surface area contributed by atoms with Gasteiger partial charge >= 0.3 is 0 Å². The smallest absolute Gasteiger partial charge is 0.262 e. The van der Waals surface area contributed by atoms with Crippen molar-refractivity contribution >= 4 is 22.7 Å². The average Bonchev–Trinajstić information content (AvgIpc) is 3.22. The van der Waals surface area contributed by atoms with Crippen LogP contribution in [0.2, 0.25) is 0 Å². The first kappa shape index (κ1) is 18.1. The third-order valence-electron chi connectivity index (χ3n) is 4.56. The maximum atomic E-state index is 13.0. The molecule has 0 bridgehead atoms. The standard InChI is InChI=1S/C21H22N2O3S/c24-20-18-10-4-5-11-19(18)22-21(23(20)15-17-9-6-12-25-17)27-14-13-26-16-7-2-1-3-8-16/h1-5,7-8,10-11,17H,6,9,12-15H2/t17-/m1/s1. The molecule has 0 amide bonds. The minimum Gasteiger partial charge on any atom is -0.493 e. The molecule has 0 N–H and O–H groups in total. The van der Waals surface area contributed by atoms with Gasteiger partial charge < -0.3 is 9.47 Å². The van der Waals surface area contributed by atoms with E-state index in [1.165, 1.54) is 0 Å². The third-order valence-corrected chi connectivity index (χ3v) is 5.50. The van der Waals surface area contributed by atoms with Crippen LogP contribution in [0.15, 0.2) is 64.5 Å². The van der Waals surface area contributed by atoms with E-state index in [2.05, 4.69) is 0 Å². The molecule has 1 aliphatic heterocycles. The van der Waals surface area contributed by atoms with E-state index in [1.54, 1.807) is 16.3 Å². The zero-order valence-corrected chi connectivity index (χ0v) is 15.9. The van der Waals surface area contributed by atoms with Crippen LogP contribution < -0.4 is 10.3 Å². The van der Waals surface area contributed by atoms with Crippen molar-refractivity contribution in [2.75, 3.05) is 19.0 Å². The Morgan fingerprint density at radius 3 is 2.78 bits per heavy atom. The van der Waals surface area contributed by atoms with Crippen LogP contribution in [0.4, 0.5) is 0 Å². The molecule has 1 aliphatic rings. The number of hydrogen-bond donors (Lipinski definition) is 0. The largest absolute Gasteiger partial charge is 0.493 e. The van der Waals surface area contributed by atoms with Crippen molar-refractivity contribution < 1.29 is 9.47 Å². The van der Waals surface area contributed by atoms with E-state index in [9.17, 15) is 4.79 Å². The minimum absolute atomic E-state index is 0.00239. The molecule has 27 heavy (non-hydrogen) atoms. The lowest BCUT2D eigenvalue weighted by atomic mass is 10.2. The first-order chi connectivity index (χ1) is 13.3. The molecule has 0 saturated carbocycles. The van der Waals surface area contributed by atoms with Gasteiger partial charge in [-0.15, -0.1) is 0 Å². The summed E-state index contributed by atoms with van der Waals surface area (Å²) >= 11 is 1.55. The van der Waals surface area contributed by atoms with Gasteiger partial charge in [0.1, 0.15) is 5.75 Å². The van der Waals surface area contributed by atoms with Crippen LogP contribution >= 0.6 is 11.8 Å². The second-order valence-electron chi connectivity index (χ2n) is 6.47. The summed E-state index contributed by atoms with van der Waals surface area (Å²) in [6.45, 7) is 1.88. The molecule has 5 nitrogen and oxygen atoms in total. The van der Waals surface area contributed by atoms with Gasteiger partial charge in [-0.1, -0.05) is 42.1 Å². The van der Waals surface area contributed by atoms with Crippen LogP contribution in [-0.4, -0.2) is 34.6 Å². The van der Waals surface area contributed by atoms with Crippen LogP contribution in [0, 0.1) is 0 Å². The Morgan fingerprint density at radius 1 is 1.15 bits per heavy atom. The highest BCUT2D eigenvalue weighted by Gasteiger charge is 2.20. The Labute approximate surface area is 162 Å². The Bertz CT molecular complexity index is 953. The fraction of sp³-hybridized carbons (Fsp3) is 0.333. The monoisotopic (exact) mass is 382 g/mol. The van der Waals surface area contributed by atoms with Gasteiger partial charge in [0.25, 0.3) is 5.56 Å². The lowest BCUT2D eigenvalue weighted by Crippen LogP contribution is -2.29. The molecule has 0 radical (unpaired) electrons. The second kappa shape index (κ2) is 8.59. The van der Waals surface area contributed by atoms with E-state index in [4.69, 9.17) is 14.5 Å². The number of fused-ring (bicyclic) bond motifs is 1. The maximum Gasteiger partial charge on any atom is 0.262 e. The van der Waals surface area contributed by atoms with Crippen molar-refractivity contribution in [3.8, 4) is 5.75 Å². The topological polar surface area (TPSA) is 53.3 Å². The molecule has 1 aromatic heterocycles. The first-order valence-corrected chi connectivity index (χ1v) is 10.2. The second-order valence-corrected chi connectivity index (χ2v) is 7.53. The van der Waals surface area contributed by atoms with Crippen molar-refractivity contribution in [1.82, 2.24) is 9.55 Å². The Morgan fingerprint density at radius 2 is 1.96 bits per heavy atom. The summed E-state index contributed by atoms with van der Waals surface area (Å²) in [5.41, 5.74) is 0.736. The lowest BCUT2D eigenvalue weighted by Gasteiger charge is -2.16. The number of nitrogens with zero attached hydrogens (tertiary/aromatic N) is 2. The predicted octanol–water partition coefficient (Wildman–Crippen LogP) is 3.75. The van der Waals surface area contributed by atoms with Gasteiger partial charge in [0.05, 0.1) is 30.2 Å². The molecular formula is C21H22N2O3S. The van der Waals surface area contributed by atoms with Crippen LogP contribution in [-0.2, 0) is 11.3 Å². The quantitative estimate of drug-likeness (QED) is 0.354. The Hall–Kier alpha value is -2.31. The van der Waals surface area contributed by atoms with Gasteiger partial charge in [0, 0.05) is 12.4 Å². The molecular weight excluding hydrogens is 360 g/mol. The fourth-order valence-electron chi connectivity index (χ4n) is 3.22. The summed E-state index contributed by atoms with van der Waals surface area (Å²) in [6.07, 6.45) is 2.12. The number of para-hydroxylation sites is 2. The fourth-order valence-corrected chi connectivity index (χ4v) is 4.05. The number of aromatic nitrogens is 2. The average molecular weight is 382 g/mol. The van der Waals surface area contributed by atoms with E-state index in [0.717, 1.165) is 35.9 Å². The molecule has 3 aromatic rings. The number of thioether (sulfide) groups is 1. The van der Waals surface area contributed by atoms with Crippen LogP contribution in [0.1, 0.15) is 12.8 Å². The summed E-state index contributed by atoms with van der Waals surface area (Å²) in [7, 11) is 0. The van der Waals surface area contributed by atoms with Crippen molar-refractivity contribution in [2.24, 2.45) is 0 Å². The maximum absolute atomic E-state index is 13.0. The van der Waals surface area contributed by atoms with Gasteiger partial charge in [-0.3, -0.25) is 9.36 Å². The summed E-state index contributed by atoms with van der Waals surface area (Å²) in [4.78, 5) is 17.8. The van der Waals surface area contributed by atoms with Crippen molar-refractivity contribution in [1.29, 1.82) is 0 Å². The molecule has 140 valence electrons. The van der Waals surface area contributed by atoms with Crippen molar-refractivity contribution in [3.05, 3.63) is 65.0 Å². The SMILES string of the molecule is O=c1c2ccccc2nc(SCCOc2ccccc2)n1C[C@H]1CCCO1. The molecule has 0 spiro atoms. The molecule has 4 rings (SSSR count). The molecule has 6 heteroatoms. The molecule has 0 unspecified atom stereocenters. The van der Waals surface area contributed by atoms with Crippen LogP contribution in [0.3, 0.4) is 0 Å². The van der Waals surface area contributed by atoms with Crippen molar-refractivity contribution in [3.63, 3.8) is 0 Å². The van der Waals surface area contributed by atoms with E-state index in [0.29, 0.717) is 24.3 Å². The van der Waals surface area contributed by atoms with Crippen molar-refractivity contribution in [2.45, 2.75) is 30.6 Å². The Balaban J connectivity index is 1.53. The Kier molecular flexibility index (Phi) is 5.75. The van der Waals surface area contributed by atoms with Gasteiger partial charge in [0.2, 0.25) is 0 Å². The minimum atomic E-state index is 0.00239. The highest BCUT2D eigenvalue weighted by Crippen LogP contribution is 2.21. The van der Waals surface area contributed by atoms with Gasteiger partial charge in [-0.2, -0.15) is 0 Å². The highest BCUT2D eigenvalue weighted by molar-refractivity contribution is 7.99. The molecule has 2 aromatic carbocycles. The van der Waals surface area contributed by atoms with Crippen LogP contribution in [0.25, 0.3) is 10.9 Å². The van der Waals surface area contributed by atoms with E-state index >= 15 is 0 Å². The normalized spacial score (nSPS) is 16.7. The lowest BCUT2D eigenvalue weighted by molar-refractivity contribution is 0.0937. The summed E-state index contributed by atoms with van der Waals surface area (Å²) in [5, 5.41) is 1.38. The summed E-state index contributed by atoms with van der Waals surface area (Å²) < 4.78 is 13.3. The number of benzene rings is 2. The molecule has 1 saturated heterocycles. The van der Waals surface area contributed by atoms with Gasteiger partial charge in [-0.25, -0.2) is 4.98 Å². The number of rotatable bonds is 7. The van der Waals surface area contributed by atoms with E-state index < -0.39 is 0 Å². The zero-order valence-electron chi connectivity index (χ0n) is 15.0. The predicted molar refractivity (Wildman–Crippen MR) is 108 cm³/mol. The first-order valence-electron chi connectivity index (χ1n) is 9.23. The number of hydrogen-bond acceptors (Lipinski definition) is 5. The number of ether oxygens (including phenoxy) is 2. The van der Waals surface area contributed by atoms with Gasteiger partial charge in [0.15, 0.2) is 5.16 Å².